The third-order valence-electron chi connectivity index (χ3n) is 2.11. The molecule has 0 bridgehead atoms. The summed E-state index contributed by atoms with van der Waals surface area (Å²) >= 11 is -1.57. The van der Waals surface area contributed by atoms with Gasteiger partial charge >= 0.3 is 56.7 Å². The van der Waals surface area contributed by atoms with E-state index in [0.717, 1.165) is 0 Å². The average molecular weight is 219 g/mol. The molecular formula is C7H16Sn. The first kappa shape index (κ1) is 8.54. The molecule has 0 spiro atoms. The van der Waals surface area contributed by atoms with Crippen molar-refractivity contribution >= 4 is 18.4 Å². The number of hydrogen-bond donors (Lipinski definition) is 0. The van der Waals surface area contributed by atoms with Crippen molar-refractivity contribution in [3.63, 3.8) is 0 Å². The zero-order chi connectivity index (χ0) is 6.62. The Bertz CT molecular complexity index is 72.5. The summed E-state index contributed by atoms with van der Waals surface area (Å²) in [6.07, 6.45) is 0. The molecule has 0 amide bonds. The Kier molecular flexibility index (Phi) is 3.78. The third kappa shape index (κ3) is 2.20. The van der Waals surface area contributed by atoms with E-state index in [1.807, 2.05) is 0 Å². The van der Waals surface area contributed by atoms with Crippen LogP contribution < -0.4 is 0 Å². The normalized spacial score (nSPS) is 11.4. The Morgan fingerprint density at radius 3 is 1.75 bits per heavy atom. The molecule has 0 radical (unpaired) electrons. The van der Waals surface area contributed by atoms with E-state index in [0.29, 0.717) is 0 Å². The van der Waals surface area contributed by atoms with Crippen LogP contribution in [0.2, 0.25) is 13.8 Å². The summed E-state index contributed by atoms with van der Waals surface area (Å²) in [6, 6.07) is 0. The Hall–Kier alpha value is 0.539. The van der Waals surface area contributed by atoms with E-state index in [9.17, 15) is 0 Å². The SMILES string of the molecule is C=[CH][Sn]([CH3])([CH2]C)[CH2]C. The second kappa shape index (κ2) is 3.54. The monoisotopic (exact) mass is 220 g/mol. The molecule has 0 atom stereocenters. The molecule has 0 fully saturated rings. The van der Waals surface area contributed by atoms with Gasteiger partial charge in [-0.05, 0) is 0 Å². The van der Waals surface area contributed by atoms with Gasteiger partial charge in [0.1, 0.15) is 0 Å². The van der Waals surface area contributed by atoms with Crippen molar-refractivity contribution < 1.29 is 0 Å². The molecule has 0 aliphatic heterocycles. The first-order valence-corrected chi connectivity index (χ1v) is 11.9. The Labute approximate surface area is 56.9 Å². The summed E-state index contributed by atoms with van der Waals surface area (Å²) < 4.78 is 5.08. The van der Waals surface area contributed by atoms with Gasteiger partial charge < -0.3 is 0 Å². The van der Waals surface area contributed by atoms with E-state index >= 15 is 0 Å². The van der Waals surface area contributed by atoms with Crippen LogP contribution in [-0.4, -0.2) is 18.4 Å². The molecule has 0 heterocycles. The molecule has 0 unspecified atom stereocenters. The van der Waals surface area contributed by atoms with Gasteiger partial charge in [0.25, 0.3) is 0 Å². The van der Waals surface area contributed by atoms with E-state index in [-0.39, 0.29) is 0 Å². The maximum atomic E-state index is 3.87. The molecule has 0 aromatic heterocycles. The fourth-order valence-corrected chi connectivity index (χ4v) is 3.61. The summed E-state index contributed by atoms with van der Waals surface area (Å²) in [5, 5.41) is 0. The first-order chi connectivity index (χ1) is 3.68. The maximum absolute atomic E-state index is 3.87. The molecule has 0 aliphatic carbocycles. The molecule has 0 aromatic rings. The van der Waals surface area contributed by atoms with Crippen LogP contribution in [0.4, 0.5) is 0 Å². The summed E-state index contributed by atoms with van der Waals surface area (Å²) in [4.78, 5) is 2.45. The van der Waals surface area contributed by atoms with Crippen molar-refractivity contribution in [1.29, 1.82) is 0 Å². The summed E-state index contributed by atoms with van der Waals surface area (Å²) in [5.74, 6) is 0. The van der Waals surface area contributed by atoms with Gasteiger partial charge in [-0.25, -0.2) is 0 Å². The van der Waals surface area contributed by atoms with Gasteiger partial charge in [0.05, 0.1) is 0 Å². The Balaban J connectivity index is 3.76. The van der Waals surface area contributed by atoms with E-state index < -0.39 is 18.4 Å². The van der Waals surface area contributed by atoms with E-state index in [2.05, 4.69) is 29.5 Å². The van der Waals surface area contributed by atoms with Crippen LogP contribution in [0.3, 0.4) is 0 Å². The van der Waals surface area contributed by atoms with E-state index in [4.69, 9.17) is 0 Å². The van der Waals surface area contributed by atoms with Gasteiger partial charge in [0, 0.05) is 0 Å². The topological polar surface area (TPSA) is 0 Å². The molecule has 0 aromatic carbocycles. The van der Waals surface area contributed by atoms with E-state index in [1.165, 1.54) is 8.87 Å². The Morgan fingerprint density at radius 1 is 1.38 bits per heavy atom. The molecule has 48 valence electrons. The van der Waals surface area contributed by atoms with Crippen LogP contribution in [0.25, 0.3) is 0 Å². The van der Waals surface area contributed by atoms with Gasteiger partial charge in [-0.2, -0.15) is 0 Å². The standard InChI is InChI=1S/2C2H5.C2H3.CH3.Sn/c3*1-2;;/h2*1H2,2H3;1H,2H2;1H3;. The molecule has 0 nitrogen and oxygen atoms in total. The number of hydrogen-bond acceptors (Lipinski definition) is 0. The van der Waals surface area contributed by atoms with Crippen LogP contribution in [0.5, 0.6) is 0 Å². The van der Waals surface area contributed by atoms with Crippen LogP contribution in [0, 0.1) is 0 Å². The zero-order valence-electron chi connectivity index (χ0n) is 6.20. The van der Waals surface area contributed by atoms with Gasteiger partial charge in [0.15, 0.2) is 0 Å². The van der Waals surface area contributed by atoms with Gasteiger partial charge in [-0.3, -0.25) is 0 Å². The van der Waals surface area contributed by atoms with Crippen molar-refractivity contribution in [2.45, 2.75) is 27.7 Å². The van der Waals surface area contributed by atoms with Crippen molar-refractivity contribution in [3.05, 3.63) is 10.7 Å². The zero-order valence-corrected chi connectivity index (χ0v) is 9.05. The summed E-state index contributed by atoms with van der Waals surface area (Å²) in [7, 11) is 0. The molecule has 0 rings (SSSR count). The van der Waals surface area contributed by atoms with Crippen molar-refractivity contribution in [2.75, 3.05) is 0 Å². The fourth-order valence-electron chi connectivity index (χ4n) is 0.539. The van der Waals surface area contributed by atoms with Crippen LogP contribution in [-0.2, 0) is 0 Å². The second-order valence-electron chi connectivity index (χ2n) is 2.57. The predicted molar refractivity (Wildman–Crippen MR) is 42.8 cm³/mol. The van der Waals surface area contributed by atoms with Crippen LogP contribution in [0.15, 0.2) is 10.7 Å². The molecule has 0 saturated carbocycles. The predicted octanol–water partition coefficient (Wildman–Crippen LogP) is 2.83. The number of rotatable bonds is 3. The second-order valence-corrected chi connectivity index (χ2v) is 17.2. The molecule has 8 heavy (non-hydrogen) atoms. The van der Waals surface area contributed by atoms with Gasteiger partial charge in [0.2, 0.25) is 0 Å². The molecular weight excluding hydrogens is 203 g/mol. The average Bonchev–Trinajstić information content (AvgIpc) is 1.87. The van der Waals surface area contributed by atoms with Gasteiger partial charge in [-0.15, -0.1) is 0 Å². The van der Waals surface area contributed by atoms with Crippen molar-refractivity contribution in [1.82, 2.24) is 0 Å². The third-order valence-corrected chi connectivity index (χ3v) is 14.1. The fraction of sp³-hybridized carbons (Fsp3) is 0.714. The van der Waals surface area contributed by atoms with E-state index in [1.54, 1.807) is 0 Å². The van der Waals surface area contributed by atoms with Crippen molar-refractivity contribution in [2.24, 2.45) is 0 Å². The van der Waals surface area contributed by atoms with Crippen LogP contribution in [0.1, 0.15) is 13.8 Å². The van der Waals surface area contributed by atoms with Crippen molar-refractivity contribution in [3.8, 4) is 0 Å². The Morgan fingerprint density at radius 2 is 1.75 bits per heavy atom. The molecule has 0 saturated heterocycles. The quantitative estimate of drug-likeness (QED) is 0.640. The molecule has 0 aliphatic rings. The van der Waals surface area contributed by atoms with Crippen LogP contribution >= 0.6 is 0 Å². The first-order valence-electron chi connectivity index (χ1n) is 3.32. The minimum atomic E-state index is -1.57. The summed E-state index contributed by atoms with van der Waals surface area (Å²) in [6.45, 7) is 8.45. The molecule has 0 N–H and O–H groups in total. The molecule has 1 heteroatoms. The van der Waals surface area contributed by atoms with Gasteiger partial charge in [-0.1, -0.05) is 0 Å². The minimum absolute atomic E-state index is 1.41. The summed E-state index contributed by atoms with van der Waals surface area (Å²) in [5.41, 5.74) is 0.